The summed E-state index contributed by atoms with van der Waals surface area (Å²) in [5.41, 5.74) is 0.743. The molecule has 1 aromatic rings. The van der Waals surface area contributed by atoms with Crippen molar-refractivity contribution < 1.29 is 14.6 Å². The molecule has 17 heavy (non-hydrogen) atoms. The summed E-state index contributed by atoms with van der Waals surface area (Å²) in [7, 11) is 1.60. The number of nitrogens with one attached hydrogen (secondary N) is 1. The van der Waals surface area contributed by atoms with Crippen LogP contribution in [0.3, 0.4) is 0 Å². The van der Waals surface area contributed by atoms with Crippen molar-refractivity contribution >= 4 is 17.5 Å². The number of hydrogen-bond donors (Lipinski definition) is 2. The van der Waals surface area contributed by atoms with Crippen LogP contribution >= 0.6 is 11.6 Å². The zero-order valence-electron chi connectivity index (χ0n) is 9.70. The minimum Gasteiger partial charge on any atom is -0.492 e. The van der Waals surface area contributed by atoms with Gasteiger partial charge in [0, 0.05) is 13.5 Å². The zero-order valence-corrected chi connectivity index (χ0v) is 10.5. The Bertz CT molecular complexity index is 382. The van der Waals surface area contributed by atoms with Crippen LogP contribution in [0.1, 0.15) is 18.4 Å². The van der Waals surface area contributed by atoms with Gasteiger partial charge in [-0.25, -0.2) is 0 Å². The fourth-order valence-electron chi connectivity index (χ4n) is 1.30. The van der Waals surface area contributed by atoms with Crippen LogP contribution in [0.2, 0.25) is 5.02 Å². The fraction of sp³-hybridized carbons (Fsp3) is 0.417. The Kier molecular flexibility index (Phi) is 5.80. The quantitative estimate of drug-likeness (QED) is 0.763. The molecule has 0 bridgehead atoms. The van der Waals surface area contributed by atoms with E-state index in [1.807, 2.05) is 0 Å². The Hall–Kier alpha value is -1.26. The molecule has 4 nitrogen and oxygen atoms in total. The highest BCUT2D eigenvalue weighted by Crippen LogP contribution is 2.25. The largest absolute Gasteiger partial charge is 0.492 e. The van der Waals surface area contributed by atoms with E-state index in [-0.39, 0.29) is 12.5 Å². The summed E-state index contributed by atoms with van der Waals surface area (Å²) < 4.78 is 5.44. The summed E-state index contributed by atoms with van der Waals surface area (Å²) in [6.07, 6.45) is 1.07. The second kappa shape index (κ2) is 7.14. The second-order valence-electron chi connectivity index (χ2n) is 3.55. The van der Waals surface area contributed by atoms with Gasteiger partial charge in [-0.2, -0.15) is 0 Å². The third-order valence-corrected chi connectivity index (χ3v) is 2.56. The number of carbonyl (C=O) groups excluding carboxylic acids is 1. The first-order valence-electron chi connectivity index (χ1n) is 5.40. The minimum absolute atomic E-state index is 0.00433. The third-order valence-electron chi connectivity index (χ3n) is 2.26. The molecule has 1 amide bonds. The van der Waals surface area contributed by atoms with E-state index in [1.54, 1.807) is 25.2 Å². The van der Waals surface area contributed by atoms with Gasteiger partial charge in [-0.3, -0.25) is 4.79 Å². The molecule has 0 aliphatic rings. The molecule has 1 rings (SSSR count). The Morgan fingerprint density at radius 1 is 1.53 bits per heavy atom. The molecule has 5 heteroatoms. The normalized spacial score (nSPS) is 10.1. The number of hydrogen-bond acceptors (Lipinski definition) is 3. The predicted molar refractivity (Wildman–Crippen MR) is 66.2 cm³/mol. The van der Waals surface area contributed by atoms with Crippen molar-refractivity contribution in [2.45, 2.75) is 19.4 Å². The van der Waals surface area contributed by atoms with E-state index < -0.39 is 0 Å². The van der Waals surface area contributed by atoms with Crippen LogP contribution in [-0.4, -0.2) is 24.7 Å². The van der Waals surface area contributed by atoms with Gasteiger partial charge in [-0.05, 0) is 24.1 Å². The first-order valence-corrected chi connectivity index (χ1v) is 5.78. The molecule has 0 aliphatic carbocycles. The molecule has 0 aromatic heterocycles. The van der Waals surface area contributed by atoms with E-state index >= 15 is 0 Å². The topological polar surface area (TPSA) is 58.6 Å². The van der Waals surface area contributed by atoms with Gasteiger partial charge in [-0.1, -0.05) is 17.7 Å². The molecule has 0 fully saturated rings. The molecule has 0 unspecified atom stereocenters. The smallest absolute Gasteiger partial charge is 0.219 e. The maximum atomic E-state index is 11.0. The van der Waals surface area contributed by atoms with E-state index in [1.165, 1.54) is 0 Å². The Labute approximate surface area is 106 Å². The maximum absolute atomic E-state index is 11.0. The van der Waals surface area contributed by atoms with Crippen molar-refractivity contribution in [3.8, 4) is 5.75 Å². The van der Waals surface area contributed by atoms with Crippen LogP contribution in [0.25, 0.3) is 0 Å². The molecule has 0 saturated carbocycles. The standard InChI is InChI=1S/C12H16ClNO3/c1-14-12(16)3-2-6-17-11-5-4-9(8-15)7-10(11)13/h4-5,7,15H,2-3,6,8H2,1H3,(H,14,16). The molecule has 1 aromatic carbocycles. The van der Waals surface area contributed by atoms with Crippen molar-refractivity contribution in [2.75, 3.05) is 13.7 Å². The van der Waals surface area contributed by atoms with Crippen LogP contribution < -0.4 is 10.1 Å². The molecule has 0 heterocycles. The van der Waals surface area contributed by atoms with Crippen LogP contribution in [0.4, 0.5) is 0 Å². The molecule has 0 saturated heterocycles. The van der Waals surface area contributed by atoms with Gasteiger partial charge in [0.2, 0.25) is 5.91 Å². The van der Waals surface area contributed by atoms with Crippen molar-refractivity contribution in [3.05, 3.63) is 28.8 Å². The van der Waals surface area contributed by atoms with E-state index in [0.29, 0.717) is 30.2 Å². The lowest BCUT2D eigenvalue weighted by Crippen LogP contribution is -2.18. The summed E-state index contributed by atoms with van der Waals surface area (Å²) in [5, 5.41) is 11.9. The summed E-state index contributed by atoms with van der Waals surface area (Å²) in [6.45, 7) is 0.391. The number of carbonyl (C=O) groups is 1. The van der Waals surface area contributed by atoms with Gasteiger partial charge in [0.05, 0.1) is 18.2 Å². The molecule has 2 N–H and O–H groups in total. The number of rotatable bonds is 6. The number of aliphatic hydroxyl groups is 1. The van der Waals surface area contributed by atoms with Crippen molar-refractivity contribution in [3.63, 3.8) is 0 Å². The van der Waals surface area contributed by atoms with Gasteiger partial charge < -0.3 is 15.2 Å². The molecule has 0 radical (unpaired) electrons. The number of ether oxygens (including phenoxy) is 1. The van der Waals surface area contributed by atoms with Gasteiger partial charge in [-0.15, -0.1) is 0 Å². The molecular formula is C12H16ClNO3. The highest BCUT2D eigenvalue weighted by atomic mass is 35.5. The average Bonchev–Trinajstić information content (AvgIpc) is 2.35. The van der Waals surface area contributed by atoms with Crippen LogP contribution in [0.15, 0.2) is 18.2 Å². The Balaban J connectivity index is 2.39. The third kappa shape index (κ3) is 4.63. The molecule has 0 spiro atoms. The van der Waals surface area contributed by atoms with E-state index in [9.17, 15) is 4.79 Å². The first-order chi connectivity index (χ1) is 8.17. The Morgan fingerprint density at radius 3 is 2.88 bits per heavy atom. The van der Waals surface area contributed by atoms with Crippen molar-refractivity contribution in [1.82, 2.24) is 5.32 Å². The summed E-state index contributed by atoms with van der Waals surface area (Å²) >= 11 is 5.96. The van der Waals surface area contributed by atoms with Crippen LogP contribution in [0.5, 0.6) is 5.75 Å². The monoisotopic (exact) mass is 257 g/mol. The van der Waals surface area contributed by atoms with Crippen LogP contribution in [0, 0.1) is 0 Å². The highest BCUT2D eigenvalue weighted by molar-refractivity contribution is 6.32. The average molecular weight is 258 g/mol. The van der Waals surface area contributed by atoms with Gasteiger partial charge in [0.1, 0.15) is 5.75 Å². The lowest BCUT2D eigenvalue weighted by Gasteiger charge is -2.08. The number of halogens is 1. The van der Waals surface area contributed by atoms with Gasteiger partial charge in [0.25, 0.3) is 0 Å². The fourth-order valence-corrected chi connectivity index (χ4v) is 1.56. The first kappa shape index (κ1) is 13.8. The lowest BCUT2D eigenvalue weighted by atomic mass is 10.2. The predicted octanol–water partition coefficient (Wildman–Crippen LogP) is 1.74. The molecular weight excluding hydrogens is 242 g/mol. The van der Waals surface area contributed by atoms with Crippen molar-refractivity contribution in [2.24, 2.45) is 0 Å². The summed E-state index contributed by atoms with van der Waals surface area (Å²) in [6, 6.07) is 5.13. The van der Waals surface area contributed by atoms with Crippen molar-refractivity contribution in [1.29, 1.82) is 0 Å². The minimum atomic E-state index is -0.0450. The van der Waals surface area contributed by atoms with Gasteiger partial charge >= 0.3 is 0 Å². The van der Waals surface area contributed by atoms with E-state index in [2.05, 4.69) is 5.32 Å². The zero-order chi connectivity index (χ0) is 12.7. The lowest BCUT2D eigenvalue weighted by molar-refractivity contribution is -0.120. The number of benzene rings is 1. The maximum Gasteiger partial charge on any atom is 0.219 e. The summed E-state index contributed by atoms with van der Waals surface area (Å²) in [5.74, 6) is 0.566. The van der Waals surface area contributed by atoms with E-state index in [0.717, 1.165) is 5.56 Å². The second-order valence-corrected chi connectivity index (χ2v) is 3.96. The summed E-state index contributed by atoms with van der Waals surface area (Å²) in [4.78, 5) is 11.0. The molecule has 0 aliphatic heterocycles. The Morgan fingerprint density at radius 2 is 2.29 bits per heavy atom. The highest BCUT2D eigenvalue weighted by Gasteiger charge is 2.03. The molecule has 94 valence electrons. The van der Waals surface area contributed by atoms with E-state index in [4.69, 9.17) is 21.4 Å². The number of amides is 1. The number of aliphatic hydroxyl groups excluding tert-OH is 1. The van der Waals surface area contributed by atoms with Crippen LogP contribution in [-0.2, 0) is 11.4 Å². The molecule has 0 atom stereocenters. The SMILES string of the molecule is CNC(=O)CCCOc1ccc(CO)cc1Cl. The van der Waals surface area contributed by atoms with Gasteiger partial charge in [0.15, 0.2) is 0 Å².